The molecule has 4 nitrogen and oxygen atoms in total. The van der Waals surface area contributed by atoms with Crippen molar-refractivity contribution in [2.24, 2.45) is 5.92 Å². The minimum absolute atomic E-state index is 0.0993. The van der Waals surface area contributed by atoms with E-state index in [1.54, 1.807) is 6.20 Å². The summed E-state index contributed by atoms with van der Waals surface area (Å²) in [5.41, 5.74) is 2.06. The molecule has 0 bridgehead atoms. The van der Waals surface area contributed by atoms with Crippen LogP contribution < -0.4 is 5.32 Å². The fourth-order valence-corrected chi connectivity index (χ4v) is 1.47. The third-order valence-corrected chi connectivity index (χ3v) is 2.56. The van der Waals surface area contributed by atoms with Crippen LogP contribution in [0.25, 0.3) is 0 Å². The van der Waals surface area contributed by atoms with Crippen LogP contribution in [0.2, 0.25) is 0 Å². The molecular weight excluding hydrogens is 190 g/mol. The summed E-state index contributed by atoms with van der Waals surface area (Å²) >= 11 is 0. The van der Waals surface area contributed by atoms with E-state index in [-0.39, 0.29) is 11.8 Å². The third-order valence-electron chi connectivity index (χ3n) is 2.56. The third kappa shape index (κ3) is 3.38. The van der Waals surface area contributed by atoms with Crippen molar-refractivity contribution in [3.05, 3.63) is 17.5 Å². The maximum atomic E-state index is 11.6. The second-order valence-corrected chi connectivity index (χ2v) is 3.93. The average molecular weight is 209 g/mol. The van der Waals surface area contributed by atoms with Crippen LogP contribution >= 0.6 is 0 Å². The summed E-state index contributed by atoms with van der Waals surface area (Å²) in [6, 6.07) is 0. The zero-order chi connectivity index (χ0) is 11.3. The van der Waals surface area contributed by atoms with Gasteiger partial charge in [-0.2, -0.15) is 5.10 Å². The van der Waals surface area contributed by atoms with Crippen molar-refractivity contribution >= 4 is 5.91 Å². The number of carbonyl (C=O) groups excluding carboxylic acids is 1. The van der Waals surface area contributed by atoms with E-state index in [1.807, 2.05) is 13.8 Å². The molecule has 0 aromatic carbocycles. The van der Waals surface area contributed by atoms with Crippen LogP contribution in [0.4, 0.5) is 0 Å². The van der Waals surface area contributed by atoms with Crippen molar-refractivity contribution < 1.29 is 4.79 Å². The van der Waals surface area contributed by atoms with E-state index in [1.165, 1.54) is 0 Å². The van der Waals surface area contributed by atoms with Crippen LogP contribution in [0.1, 0.15) is 37.9 Å². The minimum atomic E-state index is 0.0993. The molecule has 15 heavy (non-hydrogen) atoms. The largest absolute Gasteiger partial charge is 0.352 e. The molecule has 0 aliphatic heterocycles. The molecular formula is C11H19N3O. The monoisotopic (exact) mass is 209 g/mol. The van der Waals surface area contributed by atoms with Crippen molar-refractivity contribution in [3.63, 3.8) is 0 Å². The van der Waals surface area contributed by atoms with Crippen molar-refractivity contribution in [1.29, 1.82) is 0 Å². The first kappa shape index (κ1) is 11.8. The summed E-state index contributed by atoms with van der Waals surface area (Å²) in [5, 5.41) is 9.66. The molecule has 0 spiro atoms. The topological polar surface area (TPSA) is 57.8 Å². The van der Waals surface area contributed by atoms with Gasteiger partial charge in [0.25, 0.3) is 0 Å². The SMILES string of the molecule is CCCC(C)C(=O)NCc1cn[nH]c1C. The molecule has 1 rings (SSSR count). The summed E-state index contributed by atoms with van der Waals surface area (Å²) in [7, 11) is 0. The standard InChI is InChI=1S/C11H19N3O/c1-4-5-8(2)11(15)12-6-10-7-13-14-9(10)3/h7-8H,4-6H2,1-3H3,(H,12,15)(H,13,14). The van der Waals surface area contributed by atoms with Crippen molar-refractivity contribution in [1.82, 2.24) is 15.5 Å². The Kier molecular flexibility index (Phi) is 4.34. The normalized spacial score (nSPS) is 12.5. The summed E-state index contributed by atoms with van der Waals surface area (Å²) in [6.45, 7) is 6.56. The van der Waals surface area contributed by atoms with Crippen LogP contribution in [-0.2, 0) is 11.3 Å². The molecule has 1 amide bonds. The van der Waals surface area contributed by atoms with E-state index in [9.17, 15) is 4.79 Å². The molecule has 0 fully saturated rings. The Labute approximate surface area is 90.5 Å². The Bertz CT molecular complexity index is 319. The maximum Gasteiger partial charge on any atom is 0.223 e. The Morgan fingerprint density at radius 3 is 2.93 bits per heavy atom. The van der Waals surface area contributed by atoms with E-state index >= 15 is 0 Å². The van der Waals surface area contributed by atoms with E-state index in [2.05, 4.69) is 22.4 Å². The number of rotatable bonds is 5. The van der Waals surface area contributed by atoms with Gasteiger partial charge in [0.15, 0.2) is 0 Å². The Hall–Kier alpha value is -1.32. The molecule has 0 aliphatic carbocycles. The van der Waals surface area contributed by atoms with Crippen LogP contribution in [0.5, 0.6) is 0 Å². The molecule has 0 aliphatic rings. The van der Waals surface area contributed by atoms with E-state index in [0.29, 0.717) is 6.54 Å². The highest BCUT2D eigenvalue weighted by Gasteiger charge is 2.11. The lowest BCUT2D eigenvalue weighted by Gasteiger charge is -2.10. The first-order valence-corrected chi connectivity index (χ1v) is 5.41. The molecule has 84 valence electrons. The van der Waals surface area contributed by atoms with Gasteiger partial charge in [-0.1, -0.05) is 20.3 Å². The number of nitrogens with one attached hydrogen (secondary N) is 2. The lowest BCUT2D eigenvalue weighted by atomic mass is 10.1. The fourth-order valence-electron chi connectivity index (χ4n) is 1.47. The summed E-state index contributed by atoms with van der Waals surface area (Å²) in [5.74, 6) is 0.222. The predicted octanol–water partition coefficient (Wildman–Crippen LogP) is 1.77. The number of aromatic nitrogens is 2. The lowest BCUT2D eigenvalue weighted by molar-refractivity contribution is -0.124. The van der Waals surface area contributed by atoms with E-state index < -0.39 is 0 Å². The van der Waals surface area contributed by atoms with Crippen molar-refractivity contribution in [2.75, 3.05) is 0 Å². The van der Waals surface area contributed by atoms with Gasteiger partial charge in [0.1, 0.15) is 0 Å². The number of hydrogen-bond donors (Lipinski definition) is 2. The first-order chi connectivity index (χ1) is 7.15. The molecule has 1 aromatic rings. The van der Waals surface area contributed by atoms with Gasteiger partial charge in [0, 0.05) is 23.7 Å². The molecule has 1 unspecified atom stereocenters. The van der Waals surface area contributed by atoms with Gasteiger partial charge >= 0.3 is 0 Å². The number of carbonyl (C=O) groups is 1. The van der Waals surface area contributed by atoms with Gasteiger partial charge in [-0.25, -0.2) is 0 Å². The van der Waals surface area contributed by atoms with Gasteiger partial charge in [-0.05, 0) is 13.3 Å². The van der Waals surface area contributed by atoms with E-state index in [0.717, 1.165) is 24.1 Å². The highest BCUT2D eigenvalue weighted by Crippen LogP contribution is 2.06. The van der Waals surface area contributed by atoms with Gasteiger partial charge in [-0.15, -0.1) is 0 Å². The van der Waals surface area contributed by atoms with Gasteiger partial charge < -0.3 is 5.32 Å². The summed E-state index contributed by atoms with van der Waals surface area (Å²) in [4.78, 5) is 11.6. The highest BCUT2D eigenvalue weighted by atomic mass is 16.1. The van der Waals surface area contributed by atoms with Gasteiger partial charge in [0.05, 0.1) is 6.20 Å². The van der Waals surface area contributed by atoms with Crippen LogP contribution in [0.15, 0.2) is 6.20 Å². The number of amides is 1. The molecule has 1 aromatic heterocycles. The number of H-pyrrole nitrogens is 1. The Morgan fingerprint density at radius 1 is 1.67 bits per heavy atom. The fraction of sp³-hybridized carbons (Fsp3) is 0.636. The van der Waals surface area contributed by atoms with E-state index in [4.69, 9.17) is 0 Å². The molecule has 0 saturated carbocycles. The first-order valence-electron chi connectivity index (χ1n) is 5.41. The number of aromatic amines is 1. The van der Waals surface area contributed by atoms with Gasteiger partial charge in [0.2, 0.25) is 5.91 Å². The lowest BCUT2D eigenvalue weighted by Crippen LogP contribution is -2.28. The second-order valence-electron chi connectivity index (χ2n) is 3.93. The van der Waals surface area contributed by atoms with Crippen LogP contribution in [0, 0.1) is 12.8 Å². The number of aryl methyl sites for hydroxylation is 1. The number of nitrogens with zero attached hydrogens (tertiary/aromatic N) is 1. The van der Waals surface area contributed by atoms with Crippen LogP contribution in [0.3, 0.4) is 0 Å². The molecule has 0 saturated heterocycles. The molecule has 0 radical (unpaired) electrons. The van der Waals surface area contributed by atoms with Crippen molar-refractivity contribution in [3.8, 4) is 0 Å². The average Bonchev–Trinajstić information content (AvgIpc) is 2.61. The number of hydrogen-bond acceptors (Lipinski definition) is 2. The Morgan fingerprint density at radius 2 is 2.40 bits per heavy atom. The predicted molar refractivity (Wildman–Crippen MR) is 59.2 cm³/mol. The zero-order valence-electron chi connectivity index (χ0n) is 9.63. The molecule has 2 N–H and O–H groups in total. The summed E-state index contributed by atoms with van der Waals surface area (Å²) in [6.07, 6.45) is 3.73. The molecule has 1 heterocycles. The van der Waals surface area contributed by atoms with Crippen LogP contribution in [-0.4, -0.2) is 16.1 Å². The summed E-state index contributed by atoms with van der Waals surface area (Å²) < 4.78 is 0. The molecule has 1 atom stereocenters. The smallest absolute Gasteiger partial charge is 0.223 e. The highest BCUT2D eigenvalue weighted by molar-refractivity contribution is 5.78. The molecule has 4 heteroatoms. The Balaban J connectivity index is 2.37. The minimum Gasteiger partial charge on any atom is -0.352 e. The quantitative estimate of drug-likeness (QED) is 0.776. The second kappa shape index (κ2) is 5.53. The maximum absolute atomic E-state index is 11.6. The van der Waals surface area contributed by atoms with Gasteiger partial charge in [-0.3, -0.25) is 9.89 Å². The zero-order valence-corrected chi connectivity index (χ0v) is 9.63. The van der Waals surface area contributed by atoms with Crippen molar-refractivity contribution in [2.45, 2.75) is 40.2 Å².